The van der Waals surface area contributed by atoms with Crippen LogP contribution in [0.3, 0.4) is 0 Å². The number of hydrogen-bond acceptors (Lipinski definition) is 0. The molecule has 0 saturated heterocycles. The molecule has 0 atom stereocenters. The van der Waals surface area contributed by atoms with Crippen molar-refractivity contribution >= 4 is 15.0 Å². The molecule has 38 valence electrons. The van der Waals surface area contributed by atoms with E-state index < -0.39 is 0 Å². The summed E-state index contributed by atoms with van der Waals surface area (Å²) in [7, 11) is 0. The number of hydrogen-bond donors (Lipinski definition) is 0. The van der Waals surface area contributed by atoms with E-state index >= 15 is 0 Å². The molecule has 0 rings (SSSR count). The molecule has 0 N–H and O–H groups in total. The van der Waals surface area contributed by atoms with Gasteiger partial charge in [-0.2, -0.15) is 0 Å². The van der Waals surface area contributed by atoms with Crippen LogP contribution in [0, 0.1) is 0 Å². The van der Waals surface area contributed by atoms with Gasteiger partial charge in [-0.25, -0.2) is 0 Å². The predicted molar refractivity (Wildman–Crippen MR) is 31.3 cm³/mol. The summed E-state index contributed by atoms with van der Waals surface area (Å²) in [5.74, 6) is 2.27. The second-order valence-corrected chi connectivity index (χ2v) is 5.74. The van der Waals surface area contributed by atoms with Gasteiger partial charge in [-0.1, -0.05) is 0 Å². The first kappa shape index (κ1) is 6.52. The van der Waals surface area contributed by atoms with E-state index in [1.165, 1.54) is 0 Å². The Balaban J connectivity index is 3.17. The van der Waals surface area contributed by atoms with Gasteiger partial charge in [0.1, 0.15) is 0 Å². The van der Waals surface area contributed by atoms with E-state index in [-0.39, 0.29) is 0 Å². The summed E-state index contributed by atoms with van der Waals surface area (Å²) in [4.78, 5) is 0. The first-order valence-corrected chi connectivity index (χ1v) is 4.68. The van der Waals surface area contributed by atoms with Gasteiger partial charge < -0.3 is 0 Å². The Bertz CT molecular complexity index is 33.7. The van der Waals surface area contributed by atoms with Crippen LogP contribution in [0.15, 0.2) is 0 Å². The fourth-order valence-corrected chi connectivity index (χ4v) is 0. The van der Waals surface area contributed by atoms with Gasteiger partial charge in [-0.15, -0.1) is 0 Å². The Morgan fingerprint density at radius 3 is 1.33 bits per heavy atom. The molecule has 0 heterocycles. The van der Waals surface area contributed by atoms with Crippen molar-refractivity contribution in [3.8, 4) is 0 Å². The SMILES string of the molecule is C[Se]C(C)(C)C. The van der Waals surface area contributed by atoms with E-state index in [1.807, 2.05) is 0 Å². The van der Waals surface area contributed by atoms with Crippen LogP contribution in [0.4, 0.5) is 0 Å². The second kappa shape index (κ2) is 1.99. The van der Waals surface area contributed by atoms with Crippen molar-refractivity contribution in [2.24, 2.45) is 0 Å². The van der Waals surface area contributed by atoms with E-state index in [2.05, 4.69) is 26.6 Å². The maximum atomic E-state index is 2.27. The van der Waals surface area contributed by atoms with Crippen LogP contribution >= 0.6 is 0 Å². The molecule has 6 heavy (non-hydrogen) atoms. The molecule has 0 unspecified atom stereocenters. The molecule has 0 radical (unpaired) electrons. The molecule has 0 aliphatic heterocycles. The third kappa shape index (κ3) is 4.52. The Morgan fingerprint density at radius 1 is 1.17 bits per heavy atom. The fourth-order valence-electron chi connectivity index (χ4n) is 0. The fraction of sp³-hybridized carbons (Fsp3) is 1.00. The normalized spacial score (nSPS) is 12.0. The Morgan fingerprint density at radius 2 is 1.33 bits per heavy atom. The summed E-state index contributed by atoms with van der Waals surface area (Å²) >= 11 is 0.812. The van der Waals surface area contributed by atoms with Gasteiger partial charge >= 0.3 is 45.9 Å². The summed E-state index contributed by atoms with van der Waals surface area (Å²) in [5.41, 5.74) is 0. The van der Waals surface area contributed by atoms with Gasteiger partial charge in [0.15, 0.2) is 0 Å². The zero-order valence-electron chi connectivity index (χ0n) is 4.91. The third-order valence-electron chi connectivity index (χ3n) is 0.612. The van der Waals surface area contributed by atoms with Crippen molar-refractivity contribution in [1.29, 1.82) is 0 Å². The second-order valence-electron chi connectivity index (χ2n) is 2.32. The van der Waals surface area contributed by atoms with Crippen LogP contribution in [-0.2, 0) is 0 Å². The topological polar surface area (TPSA) is 0 Å². The third-order valence-corrected chi connectivity index (χ3v) is 3.18. The molecule has 0 fully saturated rings. The molecule has 0 aliphatic carbocycles. The van der Waals surface area contributed by atoms with Crippen molar-refractivity contribution in [2.45, 2.75) is 30.9 Å². The molecule has 0 nitrogen and oxygen atoms in total. The van der Waals surface area contributed by atoms with Crippen LogP contribution in [0.1, 0.15) is 20.8 Å². The Hall–Kier alpha value is 0.519. The van der Waals surface area contributed by atoms with Crippen LogP contribution < -0.4 is 0 Å². The van der Waals surface area contributed by atoms with E-state index in [1.54, 1.807) is 0 Å². The monoisotopic (exact) mass is 152 g/mol. The summed E-state index contributed by atoms with van der Waals surface area (Å²) in [6.07, 6.45) is 0. The van der Waals surface area contributed by atoms with Crippen molar-refractivity contribution in [1.82, 2.24) is 0 Å². The quantitative estimate of drug-likeness (QED) is 0.464. The standard InChI is InChI=1S/C5H12Se/c1-5(2,3)6-4/h1-4H3. The molecule has 0 aromatic carbocycles. The molecule has 0 amide bonds. The predicted octanol–water partition coefficient (Wildman–Crippen LogP) is 1.96. The molecular weight excluding hydrogens is 139 g/mol. The van der Waals surface area contributed by atoms with Crippen LogP contribution in [0.25, 0.3) is 0 Å². The average Bonchev–Trinajstić information content (AvgIpc) is 1.35. The molecular formula is C5H12Se. The summed E-state index contributed by atoms with van der Waals surface area (Å²) in [6, 6.07) is 0. The minimum atomic E-state index is 0.604. The van der Waals surface area contributed by atoms with Gasteiger partial charge in [-0.3, -0.25) is 0 Å². The molecule has 0 saturated carbocycles. The van der Waals surface area contributed by atoms with Crippen molar-refractivity contribution in [3.63, 3.8) is 0 Å². The van der Waals surface area contributed by atoms with Crippen molar-refractivity contribution in [2.75, 3.05) is 0 Å². The summed E-state index contributed by atoms with van der Waals surface area (Å²) in [5, 5.41) is 0. The molecule has 0 bridgehead atoms. The van der Waals surface area contributed by atoms with Gasteiger partial charge in [-0.05, 0) is 0 Å². The number of rotatable bonds is 0. The van der Waals surface area contributed by atoms with E-state index in [0.29, 0.717) is 4.31 Å². The van der Waals surface area contributed by atoms with Crippen LogP contribution in [0.5, 0.6) is 0 Å². The minimum absolute atomic E-state index is 0.604. The van der Waals surface area contributed by atoms with Gasteiger partial charge in [0.05, 0.1) is 0 Å². The van der Waals surface area contributed by atoms with Crippen molar-refractivity contribution < 1.29 is 0 Å². The Kier molecular flexibility index (Phi) is 2.17. The maximum absolute atomic E-state index is 2.27. The van der Waals surface area contributed by atoms with Crippen LogP contribution in [-0.4, -0.2) is 15.0 Å². The molecule has 1 heteroatoms. The van der Waals surface area contributed by atoms with Gasteiger partial charge in [0, 0.05) is 0 Å². The molecule has 0 aliphatic rings. The van der Waals surface area contributed by atoms with Crippen molar-refractivity contribution in [3.05, 3.63) is 0 Å². The summed E-state index contributed by atoms with van der Waals surface area (Å²) < 4.78 is 0.604. The van der Waals surface area contributed by atoms with Gasteiger partial charge in [0.2, 0.25) is 0 Å². The first-order valence-electron chi connectivity index (χ1n) is 2.11. The average molecular weight is 151 g/mol. The van der Waals surface area contributed by atoms with Crippen LogP contribution in [0.2, 0.25) is 10.1 Å². The van der Waals surface area contributed by atoms with E-state index in [0.717, 1.165) is 15.0 Å². The molecule has 0 spiro atoms. The molecule has 0 aromatic rings. The van der Waals surface area contributed by atoms with E-state index in [4.69, 9.17) is 0 Å². The zero-order chi connectivity index (χ0) is 5.21. The van der Waals surface area contributed by atoms with E-state index in [9.17, 15) is 0 Å². The summed E-state index contributed by atoms with van der Waals surface area (Å²) in [6.45, 7) is 6.81. The Labute approximate surface area is 46.5 Å². The van der Waals surface area contributed by atoms with Gasteiger partial charge in [0.25, 0.3) is 0 Å². The first-order chi connectivity index (χ1) is 2.56. The zero-order valence-corrected chi connectivity index (χ0v) is 6.62. The molecule has 0 aromatic heterocycles.